The third-order valence-electron chi connectivity index (χ3n) is 3.31. The minimum Gasteiger partial charge on any atom is -0.456 e. The van der Waals surface area contributed by atoms with Gasteiger partial charge in [0.15, 0.2) is 5.69 Å². The Kier molecular flexibility index (Phi) is 4.51. The van der Waals surface area contributed by atoms with Crippen LogP contribution in [-0.4, -0.2) is 15.9 Å². The first-order chi connectivity index (χ1) is 12.0. The number of hydrogen-bond donors (Lipinski definition) is 0. The van der Waals surface area contributed by atoms with E-state index in [2.05, 4.69) is 4.98 Å². The zero-order valence-corrected chi connectivity index (χ0v) is 12.7. The maximum Gasteiger partial charge on any atom is 0.360 e. The number of hydrogen-bond acceptors (Lipinski definition) is 6. The highest BCUT2D eigenvalue weighted by atomic mass is 19.1. The van der Waals surface area contributed by atoms with Crippen LogP contribution in [0.2, 0.25) is 0 Å². The molecule has 0 spiro atoms. The first-order valence-electron chi connectivity index (χ1n) is 7.15. The maximum atomic E-state index is 13.2. The van der Waals surface area contributed by atoms with Gasteiger partial charge in [0, 0.05) is 0 Å². The first-order valence-corrected chi connectivity index (χ1v) is 7.15. The van der Waals surface area contributed by atoms with Gasteiger partial charge >= 0.3 is 5.97 Å². The van der Waals surface area contributed by atoms with Gasteiger partial charge < -0.3 is 9.15 Å². The second-order valence-electron chi connectivity index (χ2n) is 5.02. The smallest absolute Gasteiger partial charge is 0.360 e. The van der Waals surface area contributed by atoms with Crippen molar-refractivity contribution in [3.05, 3.63) is 82.0 Å². The number of aromatic nitrogens is 1. The van der Waals surface area contributed by atoms with E-state index in [4.69, 9.17) is 9.15 Å². The summed E-state index contributed by atoms with van der Waals surface area (Å²) in [4.78, 5) is 26.2. The molecule has 1 heterocycles. The number of halogens is 1. The van der Waals surface area contributed by atoms with E-state index in [-0.39, 0.29) is 23.8 Å². The third kappa shape index (κ3) is 3.69. The molecule has 126 valence electrons. The Hall–Kier alpha value is -3.55. The molecule has 1 aromatic heterocycles. The van der Waals surface area contributed by atoms with Gasteiger partial charge in [-0.25, -0.2) is 14.2 Å². The Bertz CT molecular complexity index is 924. The van der Waals surface area contributed by atoms with Gasteiger partial charge in [0.1, 0.15) is 24.3 Å². The van der Waals surface area contributed by atoms with Crippen molar-refractivity contribution in [1.29, 1.82) is 0 Å². The number of nitro groups is 1. The van der Waals surface area contributed by atoms with Crippen molar-refractivity contribution in [3.8, 4) is 11.5 Å². The predicted molar refractivity (Wildman–Crippen MR) is 84.1 cm³/mol. The van der Waals surface area contributed by atoms with E-state index in [1.807, 2.05) is 18.2 Å². The second kappa shape index (κ2) is 6.91. The van der Waals surface area contributed by atoms with Crippen molar-refractivity contribution >= 4 is 11.7 Å². The summed E-state index contributed by atoms with van der Waals surface area (Å²) in [5.74, 6) is -1.66. The zero-order chi connectivity index (χ0) is 17.8. The summed E-state index contributed by atoms with van der Waals surface area (Å²) >= 11 is 0. The molecule has 0 unspecified atom stereocenters. The summed E-state index contributed by atoms with van der Waals surface area (Å²) in [7, 11) is 0. The fourth-order valence-electron chi connectivity index (χ4n) is 2.12. The van der Waals surface area contributed by atoms with E-state index in [1.165, 1.54) is 6.07 Å². The van der Waals surface area contributed by atoms with Crippen LogP contribution in [0, 0.1) is 15.9 Å². The standard InChI is InChI=1S/C17H11FN2O5/c18-12-6-7-13(15(8-12)20(22)23)16-19-14(10-24-16)17(21)25-9-11-4-2-1-3-5-11/h1-8,10H,9H2. The summed E-state index contributed by atoms with van der Waals surface area (Å²) in [5, 5.41) is 11.0. The van der Waals surface area contributed by atoms with Crippen LogP contribution in [0.15, 0.2) is 59.2 Å². The summed E-state index contributed by atoms with van der Waals surface area (Å²) in [5.41, 5.74) is 0.123. The summed E-state index contributed by atoms with van der Waals surface area (Å²) in [6, 6.07) is 12.0. The summed E-state index contributed by atoms with van der Waals surface area (Å²) < 4.78 is 23.4. The lowest BCUT2D eigenvalue weighted by Gasteiger charge is -2.02. The molecule has 0 aliphatic heterocycles. The quantitative estimate of drug-likeness (QED) is 0.398. The van der Waals surface area contributed by atoms with Crippen molar-refractivity contribution in [2.24, 2.45) is 0 Å². The van der Waals surface area contributed by atoms with Crippen molar-refractivity contribution in [1.82, 2.24) is 4.98 Å². The number of oxazole rings is 1. The van der Waals surface area contributed by atoms with Crippen LogP contribution in [0.25, 0.3) is 11.5 Å². The molecular formula is C17H11FN2O5. The van der Waals surface area contributed by atoms with Gasteiger partial charge in [-0.3, -0.25) is 10.1 Å². The molecule has 25 heavy (non-hydrogen) atoms. The monoisotopic (exact) mass is 342 g/mol. The molecule has 0 atom stereocenters. The van der Waals surface area contributed by atoms with E-state index in [0.717, 1.165) is 24.0 Å². The number of nitro benzene ring substituents is 1. The predicted octanol–water partition coefficient (Wildman–Crippen LogP) is 3.75. The lowest BCUT2D eigenvalue weighted by Crippen LogP contribution is -2.05. The molecule has 2 aromatic carbocycles. The molecule has 0 radical (unpaired) electrons. The van der Waals surface area contributed by atoms with E-state index < -0.39 is 22.4 Å². The average Bonchev–Trinajstić information content (AvgIpc) is 3.10. The molecule has 3 aromatic rings. The summed E-state index contributed by atoms with van der Waals surface area (Å²) in [6.07, 6.45) is 1.04. The van der Waals surface area contributed by atoms with Gasteiger partial charge in [-0.1, -0.05) is 30.3 Å². The fraction of sp³-hybridized carbons (Fsp3) is 0.0588. The topological polar surface area (TPSA) is 95.5 Å². The molecule has 0 saturated heterocycles. The van der Waals surface area contributed by atoms with E-state index in [0.29, 0.717) is 0 Å². The Morgan fingerprint density at radius 2 is 2.00 bits per heavy atom. The normalized spacial score (nSPS) is 10.4. The van der Waals surface area contributed by atoms with Crippen LogP contribution >= 0.6 is 0 Å². The number of ether oxygens (including phenoxy) is 1. The first kappa shape index (κ1) is 16.3. The zero-order valence-electron chi connectivity index (χ0n) is 12.7. The lowest BCUT2D eigenvalue weighted by molar-refractivity contribution is -0.384. The van der Waals surface area contributed by atoms with Gasteiger partial charge in [0.25, 0.3) is 5.69 Å². The number of benzene rings is 2. The lowest BCUT2D eigenvalue weighted by atomic mass is 10.2. The Morgan fingerprint density at radius 3 is 2.72 bits per heavy atom. The number of rotatable bonds is 5. The molecule has 0 saturated carbocycles. The molecule has 0 bridgehead atoms. The van der Waals surface area contributed by atoms with Crippen molar-refractivity contribution in [2.75, 3.05) is 0 Å². The number of esters is 1. The van der Waals surface area contributed by atoms with Gasteiger partial charge in [-0.2, -0.15) is 0 Å². The van der Waals surface area contributed by atoms with Crippen LogP contribution in [0.5, 0.6) is 0 Å². The van der Waals surface area contributed by atoms with Crippen LogP contribution in [-0.2, 0) is 11.3 Å². The third-order valence-corrected chi connectivity index (χ3v) is 3.31. The van der Waals surface area contributed by atoms with Crippen LogP contribution in [0.3, 0.4) is 0 Å². The van der Waals surface area contributed by atoms with Crippen molar-refractivity contribution < 1.29 is 23.3 Å². The molecular weight excluding hydrogens is 331 g/mol. The average molecular weight is 342 g/mol. The number of carbonyl (C=O) groups excluding carboxylic acids is 1. The Morgan fingerprint density at radius 1 is 1.24 bits per heavy atom. The number of nitrogens with zero attached hydrogens (tertiary/aromatic N) is 2. The van der Waals surface area contributed by atoms with E-state index >= 15 is 0 Å². The molecule has 8 heteroatoms. The van der Waals surface area contributed by atoms with Crippen molar-refractivity contribution in [3.63, 3.8) is 0 Å². The molecule has 0 amide bonds. The van der Waals surface area contributed by atoms with Gasteiger partial charge in [-0.05, 0) is 17.7 Å². The van der Waals surface area contributed by atoms with Gasteiger partial charge in [-0.15, -0.1) is 0 Å². The number of carbonyl (C=O) groups is 1. The fourth-order valence-corrected chi connectivity index (χ4v) is 2.12. The highest BCUT2D eigenvalue weighted by molar-refractivity contribution is 5.87. The van der Waals surface area contributed by atoms with Crippen LogP contribution in [0.1, 0.15) is 16.1 Å². The summed E-state index contributed by atoms with van der Waals surface area (Å²) in [6.45, 7) is 0.0541. The maximum absolute atomic E-state index is 13.2. The molecule has 0 N–H and O–H groups in total. The second-order valence-corrected chi connectivity index (χ2v) is 5.02. The van der Waals surface area contributed by atoms with Crippen molar-refractivity contribution in [2.45, 2.75) is 6.61 Å². The largest absolute Gasteiger partial charge is 0.456 e. The minimum atomic E-state index is -0.760. The minimum absolute atomic E-state index is 0.0338. The SMILES string of the molecule is O=C(OCc1ccccc1)c1coc(-c2ccc(F)cc2[N+](=O)[O-])n1. The molecule has 0 fully saturated rings. The molecule has 0 aliphatic carbocycles. The highest BCUT2D eigenvalue weighted by Crippen LogP contribution is 2.30. The highest BCUT2D eigenvalue weighted by Gasteiger charge is 2.22. The van der Waals surface area contributed by atoms with Crippen LogP contribution < -0.4 is 0 Å². The van der Waals surface area contributed by atoms with Gasteiger partial charge in [0.05, 0.1) is 11.0 Å². The van der Waals surface area contributed by atoms with Crippen LogP contribution in [0.4, 0.5) is 10.1 Å². The molecule has 0 aliphatic rings. The molecule has 7 nitrogen and oxygen atoms in total. The Balaban J connectivity index is 1.78. The van der Waals surface area contributed by atoms with E-state index in [9.17, 15) is 19.3 Å². The Labute approximate surface area is 140 Å². The van der Waals surface area contributed by atoms with E-state index in [1.54, 1.807) is 12.1 Å². The molecule has 3 rings (SSSR count). The van der Waals surface area contributed by atoms with Gasteiger partial charge in [0.2, 0.25) is 5.89 Å².